The van der Waals surface area contributed by atoms with E-state index in [0.29, 0.717) is 23.5 Å². The van der Waals surface area contributed by atoms with Crippen LogP contribution >= 0.6 is 0 Å². The van der Waals surface area contributed by atoms with E-state index in [1.165, 1.54) is 11.1 Å². The molecule has 1 aromatic carbocycles. The molecule has 0 amide bonds. The van der Waals surface area contributed by atoms with Gasteiger partial charge >= 0.3 is 24.8 Å². The van der Waals surface area contributed by atoms with Crippen molar-refractivity contribution >= 4 is 30.8 Å². The number of rotatable bonds is 5. The van der Waals surface area contributed by atoms with Crippen molar-refractivity contribution in [3.63, 3.8) is 0 Å². The zero-order chi connectivity index (χ0) is 18.1. The second-order valence-corrected chi connectivity index (χ2v) is 6.51. The summed E-state index contributed by atoms with van der Waals surface area (Å²) in [7, 11) is 0. The number of carboxylic acid groups (broad SMARTS) is 1. The van der Waals surface area contributed by atoms with Crippen molar-refractivity contribution in [1.82, 2.24) is 19.5 Å². The maximum absolute atomic E-state index is 10.9. The number of carbonyl (C=O) groups is 1. The average molecular weight is 357 g/mol. The van der Waals surface area contributed by atoms with Crippen LogP contribution in [0.5, 0.6) is 0 Å². The number of hydrogen-bond acceptors (Lipinski definition) is 5. The molecule has 0 aliphatic heterocycles. The molecule has 0 bridgehead atoms. The van der Waals surface area contributed by atoms with E-state index in [1.807, 2.05) is 0 Å². The minimum absolute atomic E-state index is 0. The van der Waals surface area contributed by atoms with E-state index in [1.54, 1.807) is 30.1 Å². The van der Waals surface area contributed by atoms with Gasteiger partial charge in [-0.05, 0) is 30.9 Å². The predicted octanol–water partition coefficient (Wildman–Crippen LogP) is 1.66. The van der Waals surface area contributed by atoms with Crippen LogP contribution < -0.4 is 5.32 Å². The van der Waals surface area contributed by atoms with E-state index in [2.05, 4.69) is 44.5 Å². The van der Waals surface area contributed by atoms with Gasteiger partial charge in [0.1, 0.15) is 12.4 Å². The molecule has 2 heterocycles. The summed E-state index contributed by atoms with van der Waals surface area (Å²) < 4.78 is 1.60. The first-order valence-electron chi connectivity index (χ1n) is 8.50. The minimum atomic E-state index is -0.898. The van der Waals surface area contributed by atoms with Crippen molar-refractivity contribution in [1.29, 1.82) is 0 Å². The summed E-state index contributed by atoms with van der Waals surface area (Å²) in [4.78, 5) is 24.1. The number of anilines is 1. The van der Waals surface area contributed by atoms with Crippen molar-refractivity contribution in [2.75, 3.05) is 5.32 Å². The number of hydrogen-bond donors (Lipinski definition) is 2. The first kappa shape index (κ1) is 19.1. The van der Waals surface area contributed by atoms with Gasteiger partial charge < -0.3 is 15.0 Å². The van der Waals surface area contributed by atoms with Crippen molar-refractivity contribution in [3.8, 4) is 11.3 Å². The van der Waals surface area contributed by atoms with Crippen LogP contribution in [-0.2, 0) is 24.2 Å². The predicted molar refractivity (Wildman–Crippen MR) is 104 cm³/mol. The molecule has 0 atom stereocenters. The number of imidazole rings is 1. The first-order chi connectivity index (χ1) is 12.6. The molecule has 1 aliphatic carbocycles. The van der Waals surface area contributed by atoms with Gasteiger partial charge in [-0.3, -0.25) is 4.79 Å². The van der Waals surface area contributed by atoms with Gasteiger partial charge in [-0.2, -0.15) is 0 Å². The zero-order valence-electron chi connectivity index (χ0n) is 14.4. The fourth-order valence-electron chi connectivity index (χ4n) is 3.33. The maximum atomic E-state index is 10.9. The molecule has 0 saturated carbocycles. The molecule has 0 fully saturated rings. The Bertz CT molecular complexity index is 930. The van der Waals surface area contributed by atoms with Crippen molar-refractivity contribution in [2.45, 2.75) is 32.4 Å². The Morgan fingerprint density at radius 1 is 1.22 bits per heavy atom. The van der Waals surface area contributed by atoms with Crippen LogP contribution in [0.2, 0.25) is 0 Å². The molecule has 7 nitrogen and oxygen atoms in total. The standard InChI is InChI=1S/C19H19N5O2.Li.H/c1-12-22-17(10-24(12)11-18(25)26)15-8-20-19(21-9-15)23-16-6-13-4-2-3-5-14(13)7-16;;/h2-5,8-10,16H,6-7,11H2,1H3,(H,25,26)(H,20,21,23);;. The van der Waals surface area contributed by atoms with Crippen LogP contribution in [0.15, 0.2) is 42.9 Å². The van der Waals surface area contributed by atoms with E-state index in [9.17, 15) is 4.79 Å². The molecule has 2 aromatic heterocycles. The van der Waals surface area contributed by atoms with Gasteiger partial charge in [0.05, 0.1) is 5.69 Å². The molecule has 8 heteroatoms. The monoisotopic (exact) mass is 357 g/mol. The number of aliphatic carboxylic acids is 1. The SMILES string of the molecule is Cc1nc(-c2cnc(NC3Cc4ccccc4C3)nc2)cn1CC(=O)O.[LiH]. The topological polar surface area (TPSA) is 92.9 Å². The number of nitrogens with zero attached hydrogens (tertiary/aromatic N) is 4. The molecule has 1 aliphatic rings. The van der Waals surface area contributed by atoms with Crippen molar-refractivity contribution in [2.24, 2.45) is 0 Å². The molecular weight excluding hydrogens is 337 g/mol. The van der Waals surface area contributed by atoms with Crippen molar-refractivity contribution < 1.29 is 9.90 Å². The summed E-state index contributed by atoms with van der Waals surface area (Å²) in [6, 6.07) is 8.76. The third-order valence-corrected chi connectivity index (χ3v) is 4.61. The van der Waals surface area contributed by atoms with Crippen LogP contribution in [0.25, 0.3) is 11.3 Å². The molecule has 0 unspecified atom stereocenters. The van der Waals surface area contributed by atoms with Crippen LogP contribution in [0.4, 0.5) is 5.95 Å². The third kappa shape index (κ3) is 4.21. The molecule has 4 rings (SSSR count). The van der Waals surface area contributed by atoms with Crippen LogP contribution in [-0.4, -0.2) is 55.5 Å². The van der Waals surface area contributed by atoms with E-state index in [4.69, 9.17) is 5.11 Å². The quantitative estimate of drug-likeness (QED) is 0.675. The first-order valence-corrected chi connectivity index (χ1v) is 8.50. The second kappa shape index (κ2) is 7.95. The summed E-state index contributed by atoms with van der Waals surface area (Å²) in [5.74, 6) is 0.340. The number of benzene rings is 1. The summed E-state index contributed by atoms with van der Waals surface area (Å²) >= 11 is 0. The van der Waals surface area contributed by atoms with Gasteiger partial charge in [0.2, 0.25) is 5.95 Å². The molecule has 0 spiro atoms. The summed E-state index contributed by atoms with van der Waals surface area (Å²) in [5, 5.41) is 12.3. The number of nitrogens with one attached hydrogen (secondary N) is 1. The molecule has 3 aromatic rings. The Morgan fingerprint density at radius 3 is 2.44 bits per heavy atom. The summed E-state index contributed by atoms with van der Waals surface area (Å²) in [6.07, 6.45) is 7.08. The van der Waals surface area contributed by atoms with Gasteiger partial charge in [0, 0.05) is 30.2 Å². The van der Waals surface area contributed by atoms with E-state index >= 15 is 0 Å². The Balaban J connectivity index is 0.00000210. The van der Waals surface area contributed by atoms with Gasteiger partial charge in [-0.1, -0.05) is 24.3 Å². The van der Waals surface area contributed by atoms with Crippen LogP contribution in [0, 0.1) is 6.92 Å². The number of fused-ring (bicyclic) bond motifs is 1. The summed E-state index contributed by atoms with van der Waals surface area (Å²) in [6.45, 7) is 1.67. The average Bonchev–Trinajstić information content (AvgIpc) is 3.18. The number of carboxylic acids is 1. The van der Waals surface area contributed by atoms with Gasteiger partial charge in [-0.25, -0.2) is 15.0 Å². The van der Waals surface area contributed by atoms with E-state index in [-0.39, 0.29) is 25.4 Å². The second-order valence-electron chi connectivity index (χ2n) is 6.51. The third-order valence-electron chi connectivity index (χ3n) is 4.61. The molecule has 134 valence electrons. The Kier molecular flexibility index (Phi) is 5.64. The fourth-order valence-corrected chi connectivity index (χ4v) is 3.33. The Labute approximate surface area is 169 Å². The van der Waals surface area contributed by atoms with E-state index < -0.39 is 5.97 Å². The Morgan fingerprint density at radius 2 is 1.85 bits per heavy atom. The van der Waals surface area contributed by atoms with Gasteiger partial charge in [-0.15, -0.1) is 0 Å². The zero-order valence-corrected chi connectivity index (χ0v) is 14.4. The number of aryl methyl sites for hydroxylation is 1. The summed E-state index contributed by atoms with van der Waals surface area (Å²) in [5.41, 5.74) is 4.18. The number of aromatic nitrogens is 4. The molecule has 2 N–H and O–H groups in total. The normalized spacial score (nSPS) is 13.1. The van der Waals surface area contributed by atoms with Crippen LogP contribution in [0.3, 0.4) is 0 Å². The Hall–Kier alpha value is -2.62. The van der Waals surface area contributed by atoms with Crippen molar-refractivity contribution in [3.05, 3.63) is 59.8 Å². The molecule has 27 heavy (non-hydrogen) atoms. The van der Waals surface area contributed by atoms with E-state index in [0.717, 1.165) is 18.4 Å². The molecular formula is C19H20LiN5O2. The fraction of sp³-hybridized carbons (Fsp3) is 0.263. The van der Waals surface area contributed by atoms with Gasteiger partial charge in [0.15, 0.2) is 0 Å². The van der Waals surface area contributed by atoms with Crippen LogP contribution in [0.1, 0.15) is 17.0 Å². The molecule has 0 radical (unpaired) electrons. The van der Waals surface area contributed by atoms with Gasteiger partial charge in [0.25, 0.3) is 0 Å². The molecule has 0 saturated heterocycles.